The van der Waals surface area contributed by atoms with Crippen LogP contribution in [-0.4, -0.2) is 21.9 Å². The zero-order valence-electron chi connectivity index (χ0n) is 10.4. The summed E-state index contributed by atoms with van der Waals surface area (Å²) >= 11 is 0. The van der Waals surface area contributed by atoms with Crippen molar-refractivity contribution >= 4 is 0 Å². The highest BCUT2D eigenvalue weighted by Crippen LogP contribution is 2.31. The van der Waals surface area contributed by atoms with Crippen LogP contribution in [0, 0.1) is 0 Å². The maximum Gasteiger partial charge on any atom is 0.255 e. The van der Waals surface area contributed by atoms with Gasteiger partial charge in [-0.3, -0.25) is 0 Å². The second-order valence-electron chi connectivity index (χ2n) is 3.77. The minimum absolute atomic E-state index is 0.237. The number of nitrogens with zero attached hydrogens (tertiary/aromatic N) is 2. The summed E-state index contributed by atoms with van der Waals surface area (Å²) in [5.41, 5.74) is -0.495. The predicted octanol–water partition coefficient (Wildman–Crippen LogP) is 2.17. The van der Waals surface area contributed by atoms with E-state index >= 15 is 0 Å². The number of hydrogen-bond donors (Lipinski definition) is 1. The molecule has 92 valence electrons. The van der Waals surface area contributed by atoms with Crippen molar-refractivity contribution in [3.63, 3.8) is 0 Å². The molecule has 16 heavy (non-hydrogen) atoms. The van der Waals surface area contributed by atoms with E-state index in [2.05, 4.69) is 10.1 Å². The van der Waals surface area contributed by atoms with Crippen molar-refractivity contribution < 1.29 is 14.4 Å². The molecule has 0 amide bonds. The molecule has 1 aromatic rings. The lowest BCUT2D eigenvalue weighted by Crippen LogP contribution is -2.29. The van der Waals surface area contributed by atoms with Crippen molar-refractivity contribution in [2.45, 2.75) is 52.2 Å². The van der Waals surface area contributed by atoms with Gasteiger partial charge in [-0.15, -0.1) is 0 Å². The fourth-order valence-corrected chi connectivity index (χ4v) is 1.70. The van der Waals surface area contributed by atoms with E-state index in [4.69, 9.17) is 9.26 Å². The first-order chi connectivity index (χ1) is 7.59. The Labute approximate surface area is 95.8 Å². The van der Waals surface area contributed by atoms with Crippen molar-refractivity contribution in [1.82, 2.24) is 10.1 Å². The molecule has 1 aromatic heterocycles. The Morgan fingerprint density at radius 1 is 1.38 bits per heavy atom. The maximum absolute atomic E-state index is 9.34. The Kier molecular flexibility index (Phi) is 4.44. The Morgan fingerprint density at radius 2 is 2.00 bits per heavy atom. The summed E-state index contributed by atoms with van der Waals surface area (Å²) in [6.45, 7) is 8.18. The SMILES string of the molecule is CCOC(CC)(CC)c1noc(C(C)O)n1. The van der Waals surface area contributed by atoms with E-state index in [-0.39, 0.29) is 5.89 Å². The topological polar surface area (TPSA) is 68.4 Å². The molecule has 0 saturated heterocycles. The second kappa shape index (κ2) is 5.41. The molecule has 5 nitrogen and oxygen atoms in total. The first-order valence-corrected chi connectivity index (χ1v) is 5.75. The fraction of sp³-hybridized carbons (Fsp3) is 0.818. The van der Waals surface area contributed by atoms with E-state index in [0.717, 1.165) is 12.8 Å². The van der Waals surface area contributed by atoms with Crippen LogP contribution in [0.3, 0.4) is 0 Å². The van der Waals surface area contributed by atoms with Crippen molar-refractivity contribution in [3.8, 4) is 0 Å². The highest BCUT2D eigenvalue weighted by atomic mass is 16.5. The third-order valence-electron chi connectivity index (χ3n) is 2.77. The molecular formula is C11H20N2O3. The van der Waals surface area contributed by atoms with Gasteiger partial charge in [0, 0.05) is 6.61 Å². The third-order valence-corrected chi connectivity index (χ3v) is 2.77. The minimum atomic E-state index is -0.741. The van der Waals surface area contributed by atoms with Crippen LogP contribution in [0.5, 0.6) is 0 Å². The lowest BCUT2D eigenvalue weighted by Gasteiger charge is -2.27. The molecular weight excluding hydrogens is 208 g/mol. The molecule has 1 unspecified atom stereocenters. The standard InChI is InChI=1S/C11H20N2O3/c1-5-11(6-2,15-7-3)10-12-9(8(4)14)16-13-10/h8,14H,5-7H2,1-4H3. The molecule has 5 heteroatoms. The van der Waals surface area contributed by atoms with Crippen molar-refractivity contribution in [2.75, 3.05) is 6.61 Å². The third kappa shape index (κ3) is 2.41. The summed E-state index contributed by atoms with van der Waals surface area (Å²) in [6.07, 6.45) is 0.806. The lowest BCUT2D eigenvalue weighted by atomic mass is 9.96. The fourth-order valence-electron chi connectivity index (χ4n) is 1.70. The largest absolute Gasteiger partial charge is 0.384 e. The van der Waals surface area contributed by atoms with Crippen LogP contribution < -0.4 is 0 Å². The van der Waals surface area contributed by atoms with Crippen LogP contribution in [0.2, 0.25) is 0 Å². The van der Waals surface area contributed by atoms with E-state index in [1.54, 1.807) is 6.92 Å². The van der Waals surface area contributed by atoms with E-state index in [1.165, 1.54) is 0 Å². The van der Waals surface area contributed by atoms with E-state index in [1.807, 2.05) is 20.8 Å². The van der Waals surface area contributed by atoms with Crippen LogP contribution in [0.4, 0.5) is 0 Å². The van der Waals surface area contributed by atoms with Gasteiger partial charge in [0.25, 0.3) is 5.89 Å². The van der Waals surface area contributed by atoms with Gasteiger partial charge in [-0.1, -0.05) is 19.0 Å². The molecule has 1 heterocycles. The van der Waals surface area contributed by atoms with Crippen molar-refractivity contribution in [3.05, 3.63) is 11.7 Å². The molecule has 0 aromatic carbocycles. The minimum Gasteiger partial charge on any atom is -0.384 e. The van der Waals surface area contributed by atoms with Crippen LogP contribution in [0.25, 0.3) is 0 Å². The average Bonchev–Trinajstić information content (AvgIpc) is 2.76. The predicted molar refractivity (Wildman–Crippen MR) is 58.8 cm³/mol. The van der Waals surface area contributed by atoms with Gasteiger partial charge >= 0.3 is 0 Å². The highest BCUT2D eigenvalue weighted by Gasteiger charge is 2.34. The molecule has 0 fully saturated rings. The summed E-state index contributed by atoms with van der Waals surface area (Å²) < 4.78 is 10.7. The Bertz CT molecular complexity index is 319. The van der Waals surface area contributed by atoms with Crippen molar-refractivity contribution in [1.29, 1.82) is 0 Å². The zero-order valence-corrected chi connectivity index (χ0v) is 10.4. The molecule has 0 aliphatic rings. The quantitative estimate of drug-likeness (QED) is 0.808. The average molecular weight is 228 g/mol. The number of aliphatic hydroxyl groups is 1. The van der Waals surface area contributed by atoms with Gasteiger partial charge < -0.3 is 14.4 Å². The van der Waals surface area contributed by atoms with Crippen LogP contribution in [0.15, 0.2) is 4.52 Å². The molecule has 0 saturated carbocycles. The number of ether oxygens (including phenoxy) is 1. The lowest BCUT2D eigenvalue weighted by molar-refractivity contribution is -0.0583. The smallest absolute Gasteiger partial charge is 0.255 e. The Hall–Kier alpha value is -0.940. The van der Waals surface area contributed by atoms with Gasteiger partial charge in [0.05, 0.1) is 0 Å². The number of aliphatic hydroxyl groups excluding tert-OH is 1. The summed E-state index contributed by atoms with van der Waals surface area (Å²) in [6, 6.07) is 0. The van der Waals surface area contributed by atoms with Gasteiger partial charge in [0.15, 0.2) is 0 Å². The molecule has 0 spiro atoms. The number of rotatable bonds is 6. The molecule has 0 radical (unpaired) electrons. The molecule has 1 N–H and O–H groups in total. The van der Waals surface area contributed by atoms with E-state index in [9.17, 15) is 5.11 Å². The Morgan fingerprint density at radius 3 is 2.38 bits per heavy atom. The molecule has 0 aliphatic heterocycles. The normalized spacial score (nSPS) is 14.1. The van der Waals surface area contributed by atoms with Gasteiger partial charge in [0.1, 0.15) is 11.7 Å². The van der Waals surface area contributed by atoms with E-state index in [0.29, 0.717) is 12.4 Å². The van der Waals surface area contributed by atoms with Gasteiger partial charge in [0.2, 0.25) is 5.82 Å². The maximum atomic E-state index is 9.34. The summed E-state index contributed by atoms with van der Waals surface area (Å²) in [7, 11) is 0. The van der Waals surface area contributed by atoms with Gasteiger partial charge in [-0.05, 0) is 26.7 Å². The summed E-state index contributed by atoms with van der Waals surface area (Å²) in [5.74, 6) is 0.760. The molecule has 0 aliphatic carbocycles. The van der Waals surface area contributed by atoms with Crippen molar-refractivity contribution in [2.24, 2.45) is 0 Å². The zero-order chi connectivity index (χ0) is 12.2. The highest BCUT2D eigenvalue weighted by molar-refractivity contribution is 5.01. The van der Waals surface area contributed by atoms with Crippen LogP contribution >= 0.6 is 0 Å². The van der Waals surface area contributed by atoms with E-state index < -0.39 is 11.7 Å². The molecule has 0 bridgehead atoms. The molecule has 1 atom stereocenters. The monoisotopic (exact) mass is 228 g/mol. The first kappa shape index (κ1) is 13.1. The van der Waals surface area contributed by atoms with Crippen LogP contribution in [-0.2, 0) is 10.3 Å². The Balaban J connectivity index is 3.00. The summed E-state index contributed by atoms with van der Waals surface area (Å²) in [4.78, 5) is 4.19. The second-order valence-corrected chi connectivity index (χ2v) is 3.77. The number of hydrogen-bond acceptors (Lipinski definition) is 5. The van der Waals surface area contributed by atoms with Crippen LogP contribution in [0.1, 0.15) is 58.4 Å². The van der Waals surface area contributed by atoms with Gasteiger partial charge in [-0.25, -0.2) is 0 Å². The summed E-state index contributed by atoms with van der Waals surface area (Å²) in [5, 5.41) is 13.2. The number of aromatic nitrogens is 2. The first-order valence-electron chi connectivity index (χ1n) is 5.75. The molecule has 1 rings (SSSR count). The van der Waals surface area contributed by atoms with Gasteiger partial charge in [-0.2, -0.15) is 4.98 Å².